The van der Waals surface area contributed by atoms with Gasteiger partial charge in [-0.2, -0.15) is 0 Å². The lowest BCUT2D eigenvalue weighted by Crippen LogP contribution is -2.45. The average Bonchev–Trinajstić information content (AvgIpc) is 3.23. The van der Waals surface area contributed by atoms with Crippen molar-refractivity contribution >= 4 is 34.8 Å². The van der Waals surface area contributed by atoms with E-state index in [0.29, 0.717) is 5.11 Å². The highest BCUT2D eigenvalue weighted by molar-refractivity contribution is 7.98. The molecule has 0 unspecified atom stereocenters. The van der Waals surface area contributed by atoms with E-state index in [1.807, 2.05) is 11.8 Å². The molecule has 3 aromatic rings. The molecule has 0 saturated heterocycles. The van der Waals surface area contributed by atoms with E-state index < -0.39 is 0 Å². The summed E-state index contributed by atoms with van der Waals surface area (Å²) in [4.78, 5) is 1.29. The van der Waals surface area contributed by atoms with Crippen LogP contribution in [0.25, 0.3) is 0 Å². The molecule has 4 heteroatoms. The van der Waals surface area contributed by atoms with Gasteiger partial charge in [-0.25, -0.2) is 0 Å². The van der Waals surface area contributed by atoms with Crippen molar-refractivity contribution < 1.29 is 0 Å². The molecule has 154 valence electrons. The van der Waals surface area contributed by atoms with Crippen LogP contribution in [0.4, 0.5) is 5.69 Å². The van der Waals surface area contributed by atoms with Crippen molar-refractivity contribution in [1.29, 1.82) is 0 Å². The Morgan fingerprint density at radius 2 is 1.67 bits per heavy atom. The van der Waals surface area contributed by atoms with Crippen LogP contribution in [0.15, 0.2) is 83.8 Å². The van der Waals surface area contributed by atoms with Crippen LogP contribution in [-0.4, -0.2) is 5.11 Å². The van der Waals surface area contributed by atoms with Gasteiger partial charge in [0.15, 0.2) is 5.11 Å². The Morgan fingerprint density at radius 3 is 2.37 bits per heavy atom. The van der Waals surface area contributed by atoms with E-state index in [4.69, 9.17) is 12.2 Å². The van der Waals surface area contributed by atoms with Gasteiger partial charge in [-0.15, -0.1) is 11.8 Å². The predicted molar refractivity (Wildman–Crippen MR) is 133 cm³/mol. The lowest BCUT2D eigenvalue weighted by Gasteiger charge is -2.33. The molecule has 3 aromatic carbocycles. The van der Waals surface area contributed by atoms with Crippen molar-refractivity contribution in [2.45, 2.75) is 48.8 Å². The lowest BCUT2D eigenvalue weighted by atomic mass is 9.87. The first-order valence-electron chi connectivity index (χ1n) is 10.6. The summed E-state index contributed by atoms with van der Waals surface area (Å²) in [7, 11) is 0. The summed E-state index contributed by atoms with van der Waals surface area (Å²) in [5, 5.41) is 7.75. The molecule has 1 aliphatic rings. The summed E-state index contributed by atoms with van der Waals surface area (Å²) >= 11 is 7.55. The molecule has 0 atom stereocenters. The molecule has 2 nitrogen and oxygen atoms in total. The van der Waals surface area contributed by atoms with Crippen LogP contribution in [0.2, 0.25) is 0 Å². The zero-order chi connectivity index (χ0) is 20.8. The van der Waals surface area contributed by atoms with E-state index in [9.17, 15) is 0 Å². The Morgan fingerprint density at radius 1 is 0.933 bits per heavy atom. The van der Waals surface area contributed by atoms with Gasteiger partial charge in [0, 0.05) is 16.3 Å². The maximum atomic E-state index is 5.70. The zero-order valence-corrected chi connectivity index (χ0v) is 19.0. The Kier molecular flexibility index (Phi) is 6.76. The van der Waals surface area contributed by atoms with Gasteiger partial charge >= 0.3 is 0 Å². The maximum Gasteiger partial charge on any atom is 0.171 e. The fourth-order valence-corrected chi connectivity index (χ4v) is 5.34. The van der Waals surface area contributed by atoms with Crippen LogP contribution >= 0.6 is 24.0 Å². The van der Waals surface area contributed by atoms with E-state index in [0.717, 1.165) is 24.3 Å². The van der Waals surface area contributed by atoms with Crippen LogP contribution in [0.1, 0.15) is 42.4 Å². The van der Waals surface area contributed by atoms with Crippen molar-refractivity contribution in [1.82, 2.24) is 5.32 Å². The van der Waals surface area contributed by atoms with Crippen LogP contribution in [-0.2, 0) is 11.3 Å². The highest BCUT2D eigenvalue weighted by Gasteiger charge is 2.36. The molecule has 1 saturated carbocycles. The van der Waals surface area contributed by atoms with Gasteiger partial charge in [0.25, 0.3) is 0 Å². The molecule has 0 heterocycles. The molecule has 30 heavy (non-hydrogen) atoms. The molecule has 4 rings (SSSR count). The number of rotatable bonds is 6. The normalized spacial score (nSPS) is 15.0. The smallest absolute Gasteiger partial charge is 0.171 e. The van der Waals surface area contributed by atoms with Crippen molar-refractivity contribution in [3.05, 3.63) is 95.6 Å². The summed E-state index contributed by atoms with van der Waals surface area (Å²) in [6.07, 6.45) is 4.70. The Hall–Kier alpha value is -2.30. The number of anilines is 1. The average molecular weight is 433 g/mol. The van der Waals surface area contributed by atoms with Gasteiger partial charge in [0.05, 0.1) is 5.54 Å². The van der Waals surface area contributed by atoms with E-state index in [2.05, 4.69) is 96.4 Å². The molecular formula is C26H28N2S2. The maximum absolute atomic E-state index is 5.70. The molecule has 1 fully saturated rings. The topological polar surface area (TPSA) is 24.1 Å². The lowest BCUT2D eigenvalue weighted by molar-refractivity contribution is 0.408. The number of hydrogen-bond donors (Lipinski definition) is 2. The predicted octanol–water partition coefficient (Wildman–Crippen LogP) is 7.04. The number of hydrogen-bond acceptors (Lipinski definition) is 2. The third-order valence-corrected chi connectivity index (χ3v) is 7.03. The molecule has 0 radical (unpaired) electrons. The van der Waals surface area contributed by atoms with Gasteiger partial charge in [-0.3, -0.25) is 0 Å². The second kappa shape index (κ2) is 9.67. The first kappa shape index (κ1) is 21.0. The van der Waals surface area contributed by atoms with Gasteiger partial charge in [0.1, 0.15) is 0 Å². The third-order valence-electron chi connectivity index (χ3n) is 5.74. The standard InChI is InChI=1S/C26H28N2S2/c1-20-8-7-9-22(18-20)26(16-5-6-17-26)28-25(29)27-23-14-12-21(13-15-23)19-30-24-10-3-2-4-11-24/h2-4,7-15,18H,5-6,16-17,19H2,1H3,(H2,27,28,29). The first-order valence-corrected chi connectivity index (χ1v) is 12.0. The highest BCUT2D eigenvalue weighted by atomic mass is 32.2. The molecule has 0 bridgehead atoms. The fourth-order valence-electron chi connectivity index (χ4n) is 4.15. The van der Waals surface area contributed by atoms with Crippen molar-refractivity contribution in [2.75, 3.05) is 5.32 Å². The summed E-state index contributed by atoms with van der Waals surface area (Å²) < 4.78 is 0. The van der Waals surface area contributed by atoms with E-state index in [-0.39, 0.29) is 5.54 Å². The second-order valence-electron chi connectivity index (χ2n) is 8.04. The summed E-state index contributed by atoms with van der Waals surface area (Å²) in [5.74, 6) is 0.962. The largest absolute Gasteiger partial charge is 0.353 e. The van der Waals surface area contributed by atoms with Crippen LogP contribution < -0.4 is 10.6 Å². The van der Waals surface area contributed by atoms with Crippen molar-refractivity contribution in [3.63, 3.8) is 0 Å². The van der Waals surface area contributed by atoms with Gasteiger partial charge in [-0.1, -0.05) is 73.0 Å². The third kappa shape index (κ3) is 5.24. The minimum atomic E-state index is -0.0532. The Balaban J connectivity index is 1.37. The molecule has 0 spiro atoms. The minimum Gasteiger partial charge on any atom is -0.353 e. The Bertz CT molecular complexity index is 977. The molecular weight excluding hydrogens is 404 g/mol. The van der Waals surface area contributed by atoms with E-state index in [1.54, 1.807) is 0 Å². The molecule has 0 amide bonds. The van der Waals surface area contributed by atoms with Crippen LogP contribution in [0.3, 0.4) is 0 Å². The quantitative estimate of drug-likeness (QED) is 0.322. The summed E-state index contributed by atoms with van der Waals surface area (Å²) in [6, 6.07) is 27.9. The minimum absolute atomic E-state index is 0.0532. The number of nitrogens with one attached hydrogen (secondary N) is 2. The van der Waals surface area contributed by atoms with E-state index >= 15 is 0 Å². The van der Waals surface area contributed by atoms with E-state index in [1.165, 1.54) is 34.4 Å². The van der Waals surface area contributed by atoms with Crippen LogP contribution in [0.5, 0.6) is 0 Å². The molecule has 1 aliphatic carbocycles. The molecule has 0 aliphatic heterocycles. The fraction of sp³-hybridized carbons (Fsp3) is 0.269. The number of benzene rings is 3. The van der Waals surface area contributed by atoms with Crippen LogP contribution in [0, 0.1) is 6.92 Å². The second-order valence-corrected chi connectivity index (χ2v) is 9.49. The highest BCUT2D eigenvalue weighted by Crippen LogP contribution is 2.39. The summed E-state index contributed by atoms with van der Waals surface area (Å²) in [6.45, 7) is 2.15. The number of thiocarbonyl (C=S) groups is 1. The first-order chi connectivity index (χ1) is 14.6. The SMILES string of the molecule is Cc1cccc(C2(NC(=S)Nc3ccc(CSc4ccccc4)cc3)CCCC2)c1. The molecule has 0 aromatic heterocycles. The number of aryl methyl sites for hydroxylation is 1. The van der Waals surface area contributed by atoms with Crippen molar-refractivity contribution in [3.8, 4) is 0 Å². The zero-order valence-electron chi connectivity index (χ0n) is 17.4. The van der Waals surface area contributed by atoms with Crippen molar-refractivity contribution in [2.24, 2.45) is 0 Å². The Labute approximate surface area is 189 Å². The number of thioether (sulfide) groups is 1. The molecule has 2 N–H and O–H groups in total. The van der Waals surface area contributed by atoms with Gasteiger partial charge in [0.2, 0.25) is 0 Å². The monoisotopic (exact) mass is 432 g/mol. The summed E-state index contributed by atoms with van der Waals surface area (Å²) in [5.41, 5.74) is 4.92. The van der Waals surface area contributed by atoms with Gasteiger partial charge < -0.3 is 10.6 Å². The van der Waals surface area contributed by atoms with Gasteiger partial charge in [-0.05, 0) is 67.4 Å².